The van der Waals surface area contributed by atoms with Crippen LogP contribution >= 0.6 is 0 Å². The average molecular weight is 399 g/mol. The number of hydrogen-bond acceptors (Lipinski definition) is 6. The molecule has 1 saturated heterocycles. The molecule has 4 atom stereocenters. The van der Waals surface area contributed by atoms with E-state index in [4.69, 9.17) is 9.15 Å². The van der Waals surface area contributed by atoms with Crippen molar-refractivity contribution < 1.29 is 13.9 Å². The Labute approximate surface area is 170 Å². The molecule has 2 saturated carbocycles. The van der Waals surface area contributed by atoms with Gasteiger partial charge in [-0.05, 0) is 55.6 Å². The van der Waals surface area contributed by atoms with Gasteiger partial charge in [-0.1, -0.05) is 5.21 Å². The van der Waals surface area contributed by atoms with Crippen LogP contribution in [0.5, 0.6) is 0 Å². The van der Waals surface area contributed by atoms with Crippen LogP contribution in [-0.2, 0) is 18.3 Å². The molecule has 8 heteroatoms. The molecule has 0 spiro atoms. The average Bonchev–Trinajstić information content (AvgIpc) is 3.07. The van der Waals surface area contributed by atoms with Crippen molar-refractivity contribution >= 4 is 5.91 Å². The van der Waals surface area contributed by atoms with Gasteiger partial charge in [0.05, 0.1) is 24.1 Å². The van der Waals surface area contributed by atoms with Crippen LogP contribution in [0.25, 0.3) is 0 Å². The minimum Gasteiger partial charge on any atom is -0.459 e. The van der Waals surface area contributed by atoms with E-state index < -0.39 is 0 Å². The van der Waals surface area contributed by atoms with Gasteiger partial charge in [0, 0.05) is 39.5 Å². The fourth-order valence-corrected chi connectivity index (χ4v) is 4.86. The van der Waals surface area contributed by atoms with E-state index in [-0.39, 0.29) is 18.1 Å². The van der Waals surface area contributed by atoms with Gasteiger partial charge in [-0.25, -0.2) is 0 Å². The Morgan fingerprint density at radius 1 is 1.31 bits per heavy atom. The zero-order chi connectivity index (χ0) is 19.8. The molecule has 1 N–H and O–H groups in total. The summed E-state index contributed by atoms with van der Waals surface area (Å²) in [4.78, 5) is 15.0. The standard InChI is InChI=1S/C21H29N5O3/c1-25-11-17(23-24-25)12-26-9-15-7-18(22-21(27)19-3-2-6-28-19)20(8-16(15)10-26)29-13-14-4-5-14/h2-3,6,11,14-16,18,20H,4-5,7-10,12-13H2,1H3,(H,22,27)/t15-,16+,18-,20-/m0/s1. The second-order valence-corrected chi connectivity index (χ2v) is 8.94. The normalized spacial score (nSPS) is 29.7. The second-order valence-electron chi connectivity index (χ2n) is 8.94. The van der Waals surface area contributed by atoms with Crippen molar-refractivity contribution in [3.8, 4) is 0 Å². The Bertz CT molecular complexity index is 831. The van der Waals surface area contributed by atoms with Gasteiger partial charge in [0.15, 0.2) is 5.76 Å². The molecule has 0 radical (unpaired) electrons. The van der Waals surface area contributed by atoms with Gasteiger partial charge in [-0.15, -0.1) is 5.10 Å². The number of fused-ring (bicyclic) bond motifs is 1. The maximum Gasteiger partial charge on any atom is 0.287 e. The number of ether oxygens (including phenoxy) is 1. The number of aryl methyl sites for hydroxylation is 1. The van der Waals surface area contributed by atoms with Crippen LogP contribution in [0.4, 0.5) is 0 Å². The first-order valence-electron chi connectivity index (χ1n) is 10.7. The highest BCUT2D eigenvalue weighted by molar-refractivity contribution is 5.91. The van der Waals surface area contributed by atoms with Crippen LogP contribution in [0.15, 0.2) is 29.0 Å². The van der Waals surface area contributed by atoms with E-state index in [1.807, 2.05) is 13.2 Å². The Balaban J connectivity index is 1.24. The van der Waals surface area contributed by atoms with Crippen LogP contribution in [0.3, 0.4) is 0 Å². The quantitative estimate of drug-likeness (QED) is 0.765. The van der Waals surface area contributed by atoms with Gasteiger partial charge in [-0.3, -0.25) is 14.4 Å². The minimum absolute atomic E-state index is 0.0315. The number of nitrogens with one attached hydrogen (secondary N) is 1. The first-order chi connectivity index (χ1) is 14.1. The fourth-order valence-electron chi connectivity index (χ4n) is 4.86. The molecule has 2 aromatic rings. The topological polar surface area (TPSA) is 85.4 Å². The van der Waals surface area contributed by atoms with Crippen LogP contribution in [0.2, 0.25) is 0 Å². The van der Waals surface area contributed by atoms with Crippen molar-refractivity contribution in [1.82, 2.24) is 25.2 Å². The zero-order valence-corrected chi connectivity index (χ0v) is 16.9. The molecule has 0 bridgehead atoms. The molecule has 2 aromatic heterocycles. The molecule has 3 heterocycles. The predicted octanol–water partition coefficient (Wildman–Crippen LogP) is 1.84. The summed E-state index contributed by atoms with van der Waals surface area (Å²) in [7, 11) is 1.90. The second kappa shape index (κ2) is 7.91. The first-order valence-corrected chi connectivity index (χ1v) is 10.7. The number of hydrogen-bond donors (Lipinski definition) is 1. The minimum atomic E-state index is -0.145. The zero-order valence-electron chi connectivity index (χ0n) is 16.9. The molecular formula is C21H29N5O3. The number of carbonyl (C=O) groups is 1. The van der Waals surface area contributed by atoms with Gasteiger partial charge >= 0.3 is 0 Å². The number of nitrogens with zero attached hydrogens (tertiary/aromatic N) is 4. The maximum absolute atomic E-state index is 12.6. The molecule has 5 rings (SSSR count). The van der Waals surface area contributed by atoms with Crippen LogP contribution in [0.1, 0.15) is 41.9 Å². The molecule has 0 aromatic carbocycles. The van der Waals surface area contributed by atoms with Crippen LogP contribution in [-0.4, -0.2) is 57.6 Å². The molecule has 0 unspecified atom stereocenters. The van der Waals surface area contributed by atoms with E-state index in [1.54, 1.807) is 16.8 Å². The summed E-state index contributed by atoms with van der Waals surface area (Å²) in [5.74, 6) is 2.10. The highest BCUT2D eigenvalue weighted by Gasteiger charge is 2.43. The van der Waals surface area contributed by atoms with E-state index in [9.17, 15) is 4.79 Å². The number of carbonyl (C=O) groups excluding carboxylic acids is 1. The van der Waals surface area contributed by atoms with Crippen molar-refractivity contribution in [2.24, 2.45) is 24.8 Å². The third kappa shape index (κ3) is 4.38. The third-order valence-electron chi connectivity index (χ3n) is 6.53. The molecule has 1 aliphatic heterocycles. The Morgan fingerprint density at radius 2 is 2.14 bits per heavy atom. The summed E-state index contributed by atoms with van der Waals surface area (Å²) in [5, 5.41) is 11.5. The SMILES string of the molecule is Cn1cc(CN2C[C@H]3C[C@H](OCC4CC4)[C@@H](NC(=O)c4ccco4)C[C@H]3C2)nn1. The van der Waals surface area contributed by atoms with Gasteiger partial charge in [-0.2, -0.15) is 0 Å². The summed E-state index contributed by atoms with van der Waals surface area (Å²) in [6.45, 7) is 3.74. The smallest absolute Gasteiger partial charge is 0.287 e. The van der Waals surface area contributed by atoms with Gasteiger partial charge < -0.3 is 14.5 Å². The van der Waals surface area contributed by atoms with Crippen molar-refractivity contribution in [3.05, 3.63) is 36.0 Å². The molecule has 8 nitrogen and oxygen atoms in total. The highest BCUT2D eigenvalue weighted by Crippen LogP contribution is 2.39. The molecule has 156 valence electrons. The number of amides is 1. The number of furan rings is 1. The van der Waals surface area contributed by atoms with E-state index in [2.05, 4.69) is 20.5 Å². The number of likely N-dealkylation sites (tertiary alicyclic amines) is 1. The lowest BCUT2D eigenvalue weighted by Gasteiger charge is -2.38. The summed E-state index contributed by atoms with van der Waals surface area (Å²) in [5.41, 5.74) is 1.01. The predicted molar refractivity (Wildman–Crippen MR) is 105 cm³/mol. The molecule has 2 aliphatic carbocycles. The molecule has 3 aliphatic rings. The monoisotopic (exact) mass is 399 g/mol. The highest BCUT2D eigenvalue weighted by atomic mass is 16.5. The first kappa shape index (κ1) is 18.8. The van der Waals surface area contributed by atoms with Crippen molar-refractivity contribution in [2.75, 3.05) is 19.7 Å². The Kier molecular flexibility index (Phi) is 5.13. The summed E-state index contributed by atoms with van der Waals surface area (Å²) in [6, 6.07) is 3.48. The summed E-state index contributed by atoms with van der Waals surface area (Å²) in [6.07, 6.45) is 8.08. The summed E-state index contributed by atoms with van der Waals surface area (Å²) >= 11 is 0. The lowest BCUT2D eigenvalue weighted by atomic mass is 9.77. The maximum atomic E-state index is 12.6. The van der Waals surface area contributed by atoms with Gasteiger partial charge in [0.2, 0.25) is 0 Å². The molecule has 1 amide bonds. The number of aromatic nitrogens is 3. The largest absolute Gasteiger partial charge is 0.459 e. The van der Waals surface area contributed by atoms with E-state index in [1.165, 1.54) is 19.1 Å². The van der Waals surface area contributed by atoms with E-state index in [0.717, 1.165) is 44.8 Å². The van der Waals surface area contributed by atoms with Crippen LogP contribution < -0.4 is 5.32 Å². The van der Waals surface area contributed by atoms with Gasteiger partial charge in [0.25, 0.3) is 5.91 Å². The molecule has 29 heavy (non-hydrogen) atoms. The van der Waals surface area contributed by atoms with E-state index >= 15 is 0 Å². The molecule has 3 fully saturated rings. The Hall–Kier alpha value is -2.19. The summed E-state index contributed by atoms with van der Waals surface area (Å²) < 4.78 is 13.3. The lowest BCUT2D eigenvalue weighted by molar-refractivity contribution is -0.0214. The van der Waals surface area contributed by atoms with Gasteiger partial charge in [0.1, 0.15) is 0 Å². The molecular weight excluding hydrogens is 370 g/mol. The Morgan fingerprint density at radius 3 is 2.83 bits per heavy atom. The van der Waals surface area contributed by atoms with Crippen molar-refractivity contribution in [1.29, 1.82) is 0 Å². The number of rotatable bonds is 7. The van der Waals surface area contributed by atoms with Crippen molar-refractivity contribution in [3.63, 3.8) is 0 Å². The van der Waals surface area contributed by atoms with E-state index in [0.29, 0.717) is 23.5 Å². The third-order valence-corrected chi connectivity index (χ3v) is 6.53. The van der Waals surface area contributed by atoms with Crippen molar-refractivity contribution in [2.45, 2.75) is 44.4 Å². The lowest BCUT2D eigenvalue weighted by Crippen LogP contribution is -2.50. The van der Waals surface area contributed by atoms with Crippen LogP contribution in [0, 0.1) is 17.8 Å². The fraction of sp³-hybridized carbons (Fsp3) is 0.667.